The Hall–Kier alpha value is -0.990. The highest BCUT2D eigenvalue weighted by molar-refractivity contribution is 7.40. The minimum absolute atomic E-state index is 1.35. The topological polar surface area (TPSA) is 0 Å². The third-order valence-electron chi connectivity index (χ3n) is 2.09. The number of benzene rings is 1. The van der Waals surface area contributed by atoms with E-state index in [9.17, 15) is 0 Å². The molecule has 0 N–H and O–H groups in total. The summed E-state index contributed by atoms with van der Waals surface area (Å²) in [6.45, 7) is 0. The molecule has 0 unspecified atom stereocenters. The SMILES string of the molecule is c1ccc2[s+]c3sccc3cc2c1. The summed E-state index contributed by atoms with van der Waals surface area (Å²) in [7, 11) is 0. The largest absolute Gasteiger partial charge is 0.285 e. The lowest BCUT2D eigenvalue weighted by atomic mass is 10.2. The summed E-state index contributed by atoms with van der Waals surface area (Å²) in [6, 6.07) is 13.0. The van der Waals surface area contributed by atoms with Gasteiger partial charge in [0.15, 0.2) is 0 Å². The second kappa shape index (κ2) is 2.76. The Labute approximate surface area is 84.1 Å². The average Bonchev–Trinajstić information content (AvgIpc) is 2.61. The van der Waals surface area contributed by atoms with Gasteiger partial charge < -0.3 is 0 Å². The first-order valence-electron chi connectivity index (χ1n) is 4.12. The summed E-state index contributed by atoms with van der Waals surface area (Å²) in [6.07, 6.45) is 0. The monoisotopic (exact) mass is 203 g/mol. The number of rotatable bonds is 0. The minimum atomic E-state index is 1.35. The summed E-state index contributed by atoms with van der Waals surface area (Å²) in [5.74, 6) is 0. The van der Waals surface area contributed by atoms with Crippen LogP contribution in [0.3, 0.4) is 0 Å². The zero-order valence-corrected chi connectivity index (χ0v) is 8.49. The lowest BCUT2D eigenvalue weighted by Gasteiger charge is -1.88. The first-order chi connectivity index (χ1) is 6.43. The van der Waals surface area contributed by atoms with Gasteiger partial charge in [0.1, 0.15) is 4.70 Å². The molecule has 2 heteroatoms. The maximum atomic E-state index is 2.26. The summed E-state index contributed by atoms with van der Waals surface area (Å²) in [5, 5.41) is 4.87. The van der Waals surface area contributed by atoms with E-state index in [1.807, 2.05) is 22.7 Å². The van der Waals surface area contributed by atoms with Crippen LogP contribution in [-0.2, 0) is 0 Å². The minimum Gasteiger partial charge on any atom is -0.0614 e. The van der Waals surface area contributed by atoms with Crippen molar-refractivity contribution in [3.8, 4) is 0 Å². The van der Waals surface area contributed by atoms with Crippen molar-refractivity contribution in [1.82, 2.24) is 0 Å². The van der Waals surface area contributed by atoms with Crippen LogP contribution in [-0.4, -0.2) is 0 Å². The van der Waals surface area contributed by atoms with Crippen molar-refractivity contribution in [3.05, 3.63) is 41.8 Å². The van der Waals surface area contributed by atoms with E-state index in [0.717, 1.165) is 0 Å². The summed E-state index contributed by atoms with van der Waals surface area (Å²) in [4.78, 5) is 0. The number of hydrogen-bond donors (Lipinski definition) is 0. The third kappa shape index (κ3) is 1.14. The predicted octanol–water partition coefficient (Wildman–Crippen LogP) is 4.40. The second-order valence-electron chi connectivity index (χ2n) is 2.95. The highest BCUT2D eigenvalue weighted by Crippen LogP contribution is 2.31. The van der Waals surface area contributed by atoms with Crippen molar-refractivity contribution >= 4 is 42.2 Å². The van der Waals surface area contributed by atoms with Crippen molar-refractivity contribution in [3.63, 3.8) is 0 Å². The Kier molecular flexibility index (Phi) is 1.57. The first kappa shape index (κ1) is 7.42. The summed E-state index contributed by atoms with van der Waals surface area (Å²) < 4.78 is 2.79. The number of fused-ring (bicyclic) bond motifs is 2. The van der Waals surface area contributed by atoms with Crippen LogP contribution in [0.1, 0.15) is 0 Å². The quantitative estimate of drug-likeness (QED) is 0.475. The Bertz CT molecular complexity index is 517. The lowest BCUT2D eigenvalue weighted by Crippen LogP contribution is -1.66. The fourth-order valence-electron chi connectivity index (χ4n) is 1.46. The van der Waals surface area contributed by atoms with Crippen LogP contribution in [0.15, 0.2) is 41.8 Å². The Morgan fingerprint density at radius 1 is 1.00 bits per heavy atom. The molecule has 0 spiro atoms. The predicted molar refractivity (Wildman–Crippen MR) is 61.6 cm³/mol. The molecule has 0 nitrogen and oxygen atoms in total. The molecule has 0 atom stereocenters. The summed E-state index contributed by atoms with van der Waals surface area (Å²) >= 11 is 3.70. The van der Waals surface area contributed by atoms with Crippen LogP contribution in [0.4, 0.5) is 0 Å². The molecule has 0 saturated carbocycles. The standard InChI is InChI=1S/C11H7S2/c1-2-4-10-8(3-1)7-9-5-6-12-11(9)13-10/h1-7H/q+1. The van der Waals surface area contributed by atoms with E-state index in [2.05, 4.69) is 41.8 Å². The van der Waals surface area contributed by atoms with Crippen molar-refractivity contribution in [2.75, 3.05) is 0 Å². The van der Waals surface area contributed by atoms with Gasteiger partial charge in [-0.1, -0.05) is 18.2 Å². The first-order valence-corrected chi connectivity index (χ1v) is 5.82. The van der Waals surface area contributed by atoms with Gasteiger partial charge in [-0.2, -0.15) is 0 Å². The molecule has 1 aromatic carbocycles. The molecule has 3 rings (SSSR count). The Balaban J connectivity index is 2.57. The number of hydrogen-bond acceptors (Lipinski definition) is 1. The molecule has 2 aromatic heterocycles. The highest BCUT2D eigenvalue weighted by atomic mass is 32.2. The van der Waals surface area contributed by atoms with E-state index in [1.54, 1.807) is 0 Å². The van der Waals surface area contributed by atoms with Crippen molar-refractivity contribution in [1.29, 1.82) is 0 Å². The molecule has 0 aliphatic heterocycles. The van der Waals surface area contributed by atoms with Gasteiger partial charge in [0.05, 0.1) is 33.4 Å². The van der Waals surface area contributed by atoms with Gasteiger partial charge in [-0.15, -0.1) is 0 Å². The van der Waals surface area contributed by atoms with E-state index in [1.165, 1.54) is 19.5 Å². The van der Waals surface area contributed by atoms with Crippen LogP contribution in [0.2, 0.25) is 0 Å². The molecule has 62 valence electrons. The third-order valence-corrected chi connectivity index (χ3v) is 4.36. The van der Waals surface area contributed by atoms with Crippen LogP contribution in [0.5, 0.6) is 0 Å². The molecule has 0 bridgehead atoms. The van der Waals surface area contributed by atoms with Gasteiger partial charge in [0, 0.05) is 5.39 Å². The van der Waals surface area contributed by atoms with Gasteiger partial charge in [-0.05, 0) is 18.2 Å². The zero-order valence-electron chi connectivity index (χ0n) is 6.86. The van der Waals surface area contributed by atoms with Gasteiger partial charge >= 0.3 is 0 Å². The molecule has 2 heterocycles. The molecule has 0 fully saturated rings. The van der Waals surface area contributed by atoms with E-state index in [0.29, 0.717) is 0 Å². The maximum Gasteiger partial charge on any atom is 0.285 e. The Morgan fingerprint density at radius 3 is 2.92 bits per heavy atom. The molecule has 0 amide bonds. The molecular formula is C11H7S2+. The van der Waals surface area contributed by atoms with Crippen molar-refractivity contribution in [2.24, 2.45) is 0 Å². The average molecular weight is 203 g/mol. The molecule has 13 heavy (non-hydrogen) atoms. The van der Waals surface area contributed by atoms with Gasteiger partial charge in [-0.25, -0.2) is 0 Å². The molecule has 0 aliphatic carbocycles. The van der Waals surface area contributed by atoms with Crippen molar-refractivity contribution < 1.29 is 0 Å². The fourth-order valence-corrected chi connectivity index (χ4v) is 3.52. The molecule has 3 aromatic rings. The van der Waals surface area contributed by atoms with Crippen LogP contribution in [0.25, 0.3) is 19.5 Å². The van der Waals surface area contributed by atoms with Crippen LogP contribution < -0.4 is 0 Å². The molecule has 0 radical (unpaired) electrons. The second-order valence-corrected chi connectivity index (χ2v) is 5.17. The van der Waals surface area contributed by atoms with Gasteiger partial charge in [0.2, 0.25) is 0 Å². The molecule has 0 saturated heterocycles. The lowest BCUT2D eigenvalue weighted by molar-refractivity contribution is 1.85. The van der Waals surface area contributed by atoms with Gasteiger partial charge in [-0.3, -0.25) is 0 Å². The fraction of sp³-hybridized carbons (Fsp3) is 0. The Morgan fingerprint density at radius 2 is 1.92 bits per heavy atom. The molecule has 0 aliphatic rings. The van der Waals surface area contributed by atoms with E-state index < -0.39 is 0 Å². The summed E-state index contributed by atoms with van der Waals surface area (Å²) in [5.41, 5.74) is 0. The highest BCUT2D eigenvalue weighted by Gasteiger charge is 2.08. The van der Waals surface area contributed by atoms with Crippen LogP contribution in [0, 0.1) is 0 Å². The number of thiophene rings is 1. The van der Waals surface area contributed by atoms with E-state index in [-0.39, 0.29) is 0 Å². The van der Waals surface area contributed by atoms with Gasteiger partial charge in [0.25, 0.3) is 4.01 Å². The van der Waals surface area contributed by atoms with Crippen LogP contribution >= 0.6 is 22.7 Å². The molecular weight excluding hydrogens is 196 g/mol. The van der Waals surface area contributed by atoms with E-state index in [4.69, 9.17) is 0 Å². The normalized spacial score (nSPS) is 11.1. The zero-order chi connectivity index (χ0) is 8.67. The maximum absolute atomic E-state index is 2.26. The smallest absolute Gasteiger partial charge is 0.0614 e. The van der Waals surface area contributed by atoms with Crippen molar-refractivity contribution in [2.45, 2.75) is 0 Å². The van der Waals surface area contributed by atoms with E-state index >= 15 is 0 Å².